The number of hydrogen-bond acceptors (Lipinski definition) is 10. The molecule has 0 saturated carbocycles. The van der Waals surface area contributed by atoms with Crippen molar-refractivity contribution in [2.24, 2.45) is 0 Å². The first-order valence-corrected chi connectivity index (χ1v) is 19.9. The second-order valence-corrected chi connectivity index (χ2v) is 13.8. The van der Waals surface area contributed by atoms with Crippen molar-refractivity contribution in [3.05, 3.63) is 199 Å². The molecule has 8 bridgehead atoms. The molecule has 11 rings (SSSR count). The molecule has 3 aliphatic rings. The lowest BCUT2D eigenvalue weighted by molar-refractivity contribution is -0.176. The summed E-state index contributed by atoms with van der Waals surface area (Å²) in [5.41, 5.74) is 13.9. The van der Waals surface area contributed by atoms with Gasteiger partial charge in [-0.15, -0.1) is 0 Å². The van der Waals surface area contributed by atoms with Gasteiger partial charge in [0.25, 0.3) is 0 Å². The second-order valence-electron chi connectivity index (χ2n) is 13.8. The lowest BCUT2D eigenvalue weighted by Gasteiger charge is -2.05. The summed E-state index contributed by atoms with van der Waals surface area (Å²) in [6.07, 6.45) is 27.2. The van der Waals surface area contributed by atoms with Gasteiger partial charge in [-0.1, -0.05) is 54.6 Å². The van der Waals surface area contributed by atoms with Crippen molar-refractivity contribution in [2.75, 3.05) is 0 Å². The largest absolute Gasteiger partial charge is 0.354 e. The predicted octanol–water partition coefficient (Wildman–Crippen LogP) is 11.3. The van der Waals surface area contributed by atoms with E-state index in [1.807, 2.05) is 97.1 Å². The van der Waals surface area contributed by atoms with Crippen molar-refractivity contribution in [1.29, 1.82) is 0 Å². The van der Waals surface area contributed by atoms with Crippen molar-refractivity contribution < 1.29 is 15.3 Å². The summed E-state index contributed by atoms with van der Waals surface area (Å²) in [6, 6.07) is 37.2. The first-order chi connectivity index (χ1) is 31.2. The summed E-state index contributed by atoms with van der Waals surface area (Å²) < 4.78 is 0. The number of aromatic nitrogens is 9. The highest BCUT2D eigenvalue weighted by atomic mass is 17.0. The molecule has 12 heteroatoms. The quantitative estimate of drug-likeness (QED) is 0.0741. The lowest BCUT2D eigenvalue weighted by atomic mass is 10.1. The molecule has 8 aromatic heterocycles. The van der Waals surface area contributed by atoms with Crippen LogP contribution in [0.1, 0.15) is 39.7 Å². The first kappa shape index (κ1) is 41.2. The fourth-order valence-corrected chi connectivity index (χ4v) is 7.16. The zero-order chi connectivity index (χ0) is 43.2. The van der Waals surface area contributed by atoms with Gasteiger partial charge in [-0.25, -0.2) is 9.97 Å². The SMILES string of the molecule is C1=CCC=C1.C1=Cc2nc1c(-c1ccccn1)c1ccc([nH]1)c(-c1ccccn1)c1nc(c(-c3ccccn3)c3ccc([nH]3)c2-c2ccccn2)C=C1.O=Cc1ccccn1.OO. The van der Waals surface area contributed by atoms with E-state index in [2.05, 4.69) is 63.5 Å². The Kier molecular flexibility index (Phi) is 13.1. The van der Waals surface area contributed by atoms with E-state index in [-0.39, 0.29) is 0 Å². The highest BCUT2D eigenvalue weighted by Crippen LogP contribution is 2.37. The molecular weight excluding hydrogens is 787 g/mol. The van der Waals surface area contributed by atoms with Crippen LogP contribution in [0.5, 0.6) is 0 Å². The highest BCUT2D eigenvalue weighted by molar-refractivity contribution is 5.98. The number of aromatic amines is 2. The number of H-pyrrole nitrogens is 2. The van der Waals surface area contributed by atoms with Crippen LogP contribution in [0.4, 0.5) is 0 Å². The lowest BCUT2D eigenvalue weighted by Crippen LogP contribution is -1.92. The Morgan fingerprint density at radius 2 is 0.730 bits per heavy atom. The van der Waals surface area contributed by atoms with Crippen LogP contribution in [0.25, 0.3) is 91.4 Å². The molecule has 0 aromatic carbocycles. The normalized spacial score (nSPS) is 11.7. The molecule has 0 atom stereocenters. The van der Waals surface area contributed by atoms with E-state index in [4.69, 9.17) is 40.4 Å². The van der Waals surface area contributed by atoms with E-state index < -0.39 is 0 Å². The van der Waals surface area contributed by atoms with E-state index in [1.165, 1.54) is 0 Å². The van der Waals surface area contributed by atoms with Crippen molar-refractivity contribution in [3.63, 3.8) is 0 Å². The number of rotatable bonds is 5. The molecule has 1 aliphatic carbocycles. The first-order valence-electron chi connectivity index (χ1n) is 19.9. The second kappa shape index (κ2) is 20.1. The maximum Gasteiger partial charge on any atom is 0.168 e. The average molecular weight is 826 g/mol. The van der Waals surface area contributed by atoms with Gasteiger partial charge >= 0.3 is 0 Å². The maximum atomic E-state index is 9.94. The number of fused-ring (bicyclic) bond motifs is 8. The van der Waals surface area contributed by atoms with Crippen LogP contribution in [-0.2, 0) is 0 Å². The molecule has 63 heavy (non-hydrogen) atoms. The van der Waals surface area contributed by atoms with Gasteiger partial charge in [-0.3, -0.25) is 40.2 Å². The molecule has 2 aliphatic heterocycles. The standard InChI is InChI=1S/C40H26N8.C6H5NO.C5H6.H2O2/c1-5-21-41-25(9-1)37-29-13-15-31(45-29)38(26-10-2-6-22-42-26)33-17-19-35(47-33)40(28-12-4-8-24-44-28)36-20-18-34(48-36)39(27-11-3-7-23-43-27)32-16-14-30(37)46-32;8-5-6-3-1-2-4-7-6;1-2-4-5-3-1;1-2/h1-24,45,48H;1-5H;1-4H,5H2;1-2H. The molecule has 12 nitrogen and oxygen atoms in total. The van der Waals surface area contributed by atoms with E-state index in [1.54, 1.807) is 49.2 Å². The van der Waals surface area contributed by atoms with Gasteiger partial charge < -0.3 is 9.97 Å². The number of allylic oxidation sites excluding steroid dienone is 4. The molecule has 8 aromatic rings. The zero-order valence-electron chi connectivity index (χ0n) is 33.7. The van der Waals surface area contributed by atoms with Crippen LogP contribution in [0.2, 0.25) is 0 Å². The predicted molar refractivity (Wildman–Crippen MR) is 250 cm³/mol. The Morgan fingerprint density at radius 3 is 0.952 bits per heavy atom. The van der Waals surface area contributed by atoms with Crippen molar-refractivity contribution >= 4 is 52.7 Å². The third kappa shape index (κ3) is 9.42. The molecule has 10 heterocycles. The monoisotopic (exact) mass is 825 g/mol. The van der Waals surface area contributed by atoms with Crippen LogP contribution in [0.3, 0.4) is 0 Å². The Hall–Kier alpha value is -8.58. The number of carbonyl (C=O) groups is 1. The maximum absolute atomic E-state index is 9.94. The summed E-state index contributed by atoms with van der Waals surface area (Å²) >= 11 is 0. The molecule has 306 valence electrons. The Labute approximate surface area is 362 Å². The van der Waals surface area contributed by atoms with Gasteiger partial charge in [0.05, 0.1) is 67.6 Å². The number of nitrogens with one attached hydrogen (secondary N) is 2. The van der Waals surface area contributed by atoms with E-state index >= 15 is 0 Å². The summed E-state index contributed by atoms with van der Waals surface area (Å²) in [7, 11) is 0. The molecule has 0 unspecified atom stereocenters. The molecule has 0 amide bonds. The van der Waals surface area contributed by atoms with Crippen LogP contribution in [0, 0.1) is 0 Å². The smallest absolute Gasteiger partial charge is 0.168 e. The van der Waals surface area contributed by atoms with Gasteiger partial charge in [0.2, 0.25) is 0 Å². The minimum atomic E-state index is 0.479. The summed E-state index contributed by atoms with van der Waals surface area (Å²) in [5.74, 6) is 0. The van der Waals surface area contributed by atoms with Crippen molar-refractivity contribution in [2.45, 2.75) is 6.42 Å². The van der Waals surface area contributed by atoms with Gasteiger partial charge in [-0.2, -0.15) is 0 Å². The van der Waals surface area contributed by atoms with Gasteiger partial charge in [-0.05, 0) is 116 Å². The fourth-order valence-electron chi connectivity index (χ4n) is 7.16. The molecule has 0 fully saturated rings. The molecule has 0 saturated heterocycles. The van der Waals surface area contributed by atoms with Crippen molar-refractivity contribution in [3.8, 4) is 45.0 Å². The van der Waals surface area contributed by atoms with E-state index in [9.17, 15) is 4.79 Å². The van der Waals surface area contributed by atoms with Gasteiger partial charge in [0, 0.05) is 53.2 Å². The summed E-state index contributed by atoms with van der Waals surface area (Å²) in [4.78, 5) is 50.6. The molecular formula is C51H39N9O3. The van der Waals surface area contributed by atoms with Crippen LogP contribution >= 0.6 is 0 Å². The third-order valence-corrected chi connectivity index (χ3v) is 9.90. The highest BCUT2D eigenvalue weighted by Gasteiger charge is 2.19. The Bertz CT molecular complexity index is 2750. The Balaban J connectivity index is 0.000000310. The van der Waals surface area contributed by atoms with Crippen LogP contribution in [-0.4, -0.2) is 61.7 Å². The van der Waals surface area contributed by atoms with Crippen LogP contribution < -0.4 is 0 Å². The fraction of sp³-hybridized carbons (Fsp3) is 0.0196. The van der Waals surface area contributed by atoms with E-state index in [0.29, 0.717) is 5.69 Å². The number of nitrogens with zero attached hydrogens (tertiary/aromatic N) is 7. The van der Waals surface area contributed by atoms with Gasteiger partial charge in [0.15, 0.2) is 6.29 Å². The van der Waals surface area contributed by atoms with Crippen LogP contribution in [0.15, 0.2) is 171 Å². The zero-order valence-corrected chi connectivity index (χ0v) is 33.7. The molecule has 4 N–H and O–H groups in total. The van der Waals surface area contributed by atoms with E-state index in [0.717, 1.165) is 103 Å². The number of carbonyl (C=O) groups excluding carboxylic acids is 1. The Morgan fingerprint density at radius 1 is 0.413 bits per heavy atom. The summed E-state index contributed by atoms with van der Waals surface area (Å²) in [6.45, 7) is 0. The number of hydrogen-bond donors (Lipinski definition) is 4. The number of aldehydes is 1. The minimum absolute atomic E-state index is 0.479. The molecule has 0 radical (unpaired) electrons. The third-order valence-electron chi connectivity index (χ3n) is 9.90. The van der Waals surface area contributed by atoms with Crippen molar-refractivity contribution in [1.82, 2.24) is 44.9 Å². The van der Waals surface area contributed by atoms with Gasteiger partial charge in [0.1, 0.15) is 5.69 Å². The topological polar surface area (TPSA) is 179 Å². The average Bonchev–Trinajstić information content (AvgIpc) is 4.23. The molecule has 0 spiro atoms. The summed E-state index contributed by atoms with van der Waals surface area (Å²) in [5, 5.41) is 12.0. The number of pyridine rings is 5. The minimum Gasteiger partial charge on any atom is -0.354 e.